The van der Waals surface area contributed by atoms with Gasteiger partial charge in [-0.1, -0.05) is 19.8 Å². The van der Waals surface area contributed by atoms with Crippen LogP contribution in [0, 0.1) is 11.8 Å². The molecule has 0 aromatic heterocycles. The van der Waals surface area contributed by atoms with Crippen LogP contribution in [-0.2, 0) is 10.0 Å². The minimum atomic E-state index is -3.45. The van der Waals surface area contributed by atoms with Gasteiger partial charge in [0, 0.05) is 16.7 Å². The molecule has 0 radical (unpaired) electrons. The molecule has 20 heavy (non-hydrogen) atoms. The van der Waals surface area contributed by atoms with Gasteiger partial charge in [0.25, 0.3) is 0 Å². The molecule has 1 aromatic carbocycles. The summed E-state index contributed by atoms with van der Waals surface area (Å²) in [6, 6.07) is 4.67. The van der Waals surface area contributed by atoms with Gasteiger partial charge in [0.15, 0.2) is 0 Å². The normalized spacial score (nSPS) is 23.7. The third-order valence-corrected chi connectivity index (χ3v) is 6.09. The highest BCUT2D eigenvalue weighted by Crippen LogP contribution is 2.28. The third-order valence-electron chi connectivity index (χ3n) is 3.98. The van der Waals surface area contributed by atoms with Crippen LogP contribution >= 0.6 is 15.9 Å². The molecule has 1 fully saturated rings. The molecule has 3 N–H and O–H groups in total. The lowest BCUT2D eigenvalue weighted by atomic mass is 9.83. The lowest BCUT2D eigenvalue weighted by molar-refractivity contribution is 0.290. The molecule has 4 nitrogen and oxygen atoms in total. The van der Waals surface area contributed by atoms with Crippen molar-refractivity contribution < 1.29 is 8.42 Å². The highest BCUT2D eigenvalue weighted by Gasteiger charge is 2.21. The molecule has 0 amide bonds. The number of hydrogen-bond acceptors (Lipinski definition) is 3. The minimum absolute atomic E-state index is 0.253. The van der Waals surface area contributed by atoms with E-state index in [9.17, 15) is 8.42 Å². The van der Waals surface area contributed by atoms with Crippen molar-refractivity contribution in [2.24, 2.45) is 11.8 Å². The van der Waals surface area contributed by atoms with Crippen LogP contribution in [0.15, 0.2) is 27.6 Å². The first-order valence-electron chi connectivity index (χ1n) is 6.93. The Bertz CT molecular complexity index is 567. The SMILES string of the molecule is CC1CCC(CNS(=O)(=O)c2ccc(N)c(Br)c2)CC1. The second-order valence-corrected chi connectivity index (χ2v) is 8.28. The number of benzene rings is 1. The summed E-state index contributed by atoms with van der Waals surface area (Å²) in [6.07, 6.45) is 4.60. The molecule has 6 heteroatoms. The van der Waals surface area contributed by atoms with E-state index in [4.69, 9.17) is 5.73 Å². The van der Waals surface area contributed by atoms with Crippen molar-refractivity contribution >= 4 is 31.6 Å². The van der Waals surface area contributed by atoms with Gasteiger partial charge in [-0.2, -0.15) is 0 Å². The molecule has 1 saturated carbocycles. The molecule has 0 aliphatic heterocycles. The molecular formula is C14H21BrN2O2S. The zero-order valence-electron chi connectivity index (χ0n) is 11.6. The van der Waals surface area contributed by atoms with Crippen LogP contribution in [0.5, 0.6) is 0 Å². The summed E-state index contributed by atoms with van der Waals surface area (Å²) in [6.45, 7) is 2.78. The zero-order valence-corrected chi connectivity index (χ0v) is 14.0. The molecule has 0 saturated heterocycles. The van der Waals surface area contributed by atoms with Gasteiger partial charge in [-0.25, -0.2) is 13.1 Å². The highest BCUT2D eigenvalue weighted by molar-refractivity contribution is 9.10. The van der Waals surface area contributed by atoms with Crippen LogP contribution in [0.3, 0.4) is 0 Å². The molecular weight excluding hydrogens is 340 g/mol. The van der Waals surface area contributed by atoms with Gasteiger partial charge in [-0.05, 0) is 58.8 Å². The number of nitrogens with two attached hydrogens (primary N) is 1. The van der Waals surface area contributed by atoms with Crippen LogP contribution < -0.4 is 10.5 Å². The number of nitrogen functional groups attached to an aromatic ring is 1. The standard InChI is InChI=1S/C14H21BrN2O2S/c1-10-2-4-11(5-3-10)9-17-20(18,19)12-6-7-14(16)13(15)8-12/h6-8,10-11,17H,2-5,9,16H2,1H3. The summed E-state index contributed by atoms with van der Waals surface area (Å²) in [5.74, 6) is 1.23. The van der Waals surface area contributed by atoms with Crippen LogP contribution in [0.25, 0.3) is 0 Å². The van der Waals surface area contributed by atoms with Crippen LogP contribution in [0.4, 0.5) is 5.69 Å². The summed E-state index contributed by atoms with van der Waals surface area (Å²) in [5.41, 5.74) is 6.21. The Kier molecular flexibility index (Phi) is 5.09. The molecule has 0 heterocycles. The van der Waals surface area contributed by atoms with E-state index in [0.717, 1.165) is 18.8 Å². The third kappa shape index (κ3) is 3.96. The monoisotopic (exact) mass is 360 g/mol. The maximum absolute atomic E-state index is 12.2. The fourth-order valence-electron chi connectivity index (χ4n) is 2.52. The summed E-state index contributed by atoms with van der Waals surface area (Å²) in [4.78, 5) is 0.253. The van der Waals surface area contributed by atoms with Crippen molar-refractivity contribution in [3.05, 3.63) is 22.7 Å². The molecule has 0 atom stereocenters. The second kappa shape index (κ2) is 6.45. The summed E-state index contributed by atoms with van der Waals surface area (Å²) in [7, 11) is -3.45. The van der Waals surface area contributed by atoms with E-state index in [1.807, 2.05) is 0 Å². The first kappa shape index (κ1) is 15.8. The molecule has 2 rings (SSSR count). The Morgan fingerprint density at radius 1 is 1.30 bits per heavy atom. The largest absolute Gasteiger partial charge is 0.398 e. The fraction of sp³-hybridized carbons (Fsp3) is 0.571. The molecule has 1 aliphatic carbocycles. The van der Waals surface area contributed by atoms with Crippen LogP contribution in [-0.4, -0.2) is 15.0 Å². The van der Waals surface area contributed by atoms with Gasteiger partial charge < -0.3 is 5.73 Å². The van der Waals surface area contributed by atoms with Crippen molar-refractivity contribution in [1.29, 1.82) is 0 Å². The Morgan fingerprint density at radius 2 is 1.95 bits per heavy atom. The summed E-state index contributed by atoms with van der Waals surface area (Å²) < 4.78 is 27.8. The topological polar surface area (TPSA) is 72.2 Å². The van der Waals surface area contributed by atoms with E-state index in [-0.39, 0.29) is 4.90 Å². The first-order chi connectivity index (χ1) is 9.38. The van der Waals surface area contributed by atoms with E-state index in [2.05, 4.69) is 27.6 Å². The number of hydrogen-bond donors (Lipinski definition) is 2. The Morgan fingerprint density at radius 3 is 2.55 bits per heavy atom. The summed E-state index contributed by atoms with van der Waals surface area (Å²) >= 11 is 3.26. The van der Waals surface area contributed by atoms with Gasteiger partial charge in [-0.3, -0.25) is 0 Å². The first-order valence-corrected chi connectivity index (χ1v) is 9.21. The number of rotatable bonds is 4. The van der Waals surface area contributed by atoms with Crippen molar-refractivity contribution in [1.82, 2.24) is 4.72 Å². The zero-order chi connectivity index (χ0) is 14.8. The van der Waals surface area contributed by atoms with Crippen molar-refractivity contribution in [2.75, 3.05) is 12.3 Å². The highest BCUT2D eigenvalue weighted by atomic mass is 79.9. The fourth-order valence-corrected chi connectivity index (χ4v) is 4.19. The predicted octanol–water partition coefficient (Wildman–Crippen LogP) is 3.14. The average Bonchev–Trinajstić information content (AvgIpc) is 2.41. The Labute approximate surface area is 129 Å². The van der Waals surface area contributed by atoms with Gasteiger partial charge >= 0.3 is 0 Å². The Hall–Kier alpha value is -0.590. The number of anilines is 1. The minimum Gasteiger partial charge on any atom is -0.398 e. The van der Waals surface area contributed by atoms with E-state index < -0.39 is 10.0 Å². The van der Waals surface area contributed by atoms with E-state index >= 15 is 0 Å². The molecule has 112 valence electrons. The van der Waals surface area contributed by atoms with Crippen LogP contribution in [0.1, 0.15) is 32.6 Å². The van der Waals surface area contributed by atoms with Crippen molar-refractivity contribution in [3.8, 4) is 0 Å². The molecule has 1 aromatic rings. The number of nitrogens with one attached hydrogen (secondary N) is 1. The maximum atomic E-state index is 12.2. The van der Waals surface area contributed by atoms with Crippen LogP contribution in [0.2, 0.25) is 0 Å². The van der Waals surface area contributed by atoms with Gasteiger partial charge in [0.2, 0.25) is 10.0 Å². The van der Waals surface area contributed by atoms with Gasteiger partial charge in [-0.15, -0.1) is 0 Å². The summed E-state index contributed by atoms with van der Waals surface area (Å²) in [5, 5.41) is 0. The lowest BCUT2D eigenvalue weighted by Crippen LogP contribution is -2.31. The lowest BCUT2D eigenvalue weighted by Gasteiger charge is -2.26. The van der Waals surface area contributed by atoms with Gasteiger partial charge in [0.05, 0.1) is 4.90 Å². The second-order valence-electron chi connectivity index (χ2n) is 5.66. The van der Waals surface area contributed by atoms with E-state index in [1.54, 1.807) is 12.1 Å². The van der Waals surface area contributed by atoms with E-state index in [1.165, 1.54) is 18.9 Å². The molecule has 0 bridgehead atoms. The number of halogens is 1. The van der Waals surface area contributed by atoms with Crippen molar-refractivity contribution in [2.45, 2.75) is 37.5 Å². The van der Waals surface area contributed by atoms with Gasteiger partial charge in [0.1, 0.15) is 0 Å². The maximum Gasteiger partial charge on any atom is 0.240 e. The number of sulfonamides is 1. The average molecular weight is 361 g/mol. The molecule has 0 unspecified atom stereocenters. The quantitative estimate of drug-likeness (QED) is 0.810. The van der Waals surface area contributed by atoms with E-state index in [0.29, 0.717) is 22.6 Å². The molecule has 1 aliphatic rings. The Balaban J connectivity index is 1.98. The smallest absolute Gasteiger partial charge is 0.240 e. The van der Waals surface area contributed by atoms with Crippen molar-refractivity contribution in [3.63, 3.8) is 0 Å². The predicted molar refractivity (Wildman–Crippen MR) is 84.9 cm³/mol. The molecule has 0 spiro atoms.